The van der Waals surface area contributed by atoms with E-state index in [9.17, 15) is 9.18 Å². The lowest BCUT2D eigenvalue weighted by Gasteiger charge is -2.25. The smallest absolute Gasteiger partial charge is 0.248 e. The van der Waals surface area contributed by atoms with Crippen LogP contribution in [0.3, 0.4) is 0 Å². The van der Waals surface area contributed by atoms with Gasteiger partial charge in [-0.1, -0.05) is 52.0 Å². The Morgan fingerprint density at radius 1 is 1.00 bits per heavy atom. The number of nitrogens with zero attached hydrogens (tertiary/aromatic N) is 3. The van der Waals surface area contributed by atoms with Crippen LogP contribution in [0.1, 0.15) is 33.3 Å². The molecule has 9 heteroatoms. The third-order valence-corrected chi connectivity index (χ3v) is 5.25. The maximum Gasteiger partial charge on any atom is 0.248 e. The van der Waals surface area contributed by atoms with Crippen molar-refractivity contribution in [3.63, 3.8) is 0 Å². The first-order chi connectivity index (χ1) is 18.5. The largest absolute Gasteiger partial charge is 0.338 e. The van der Waals surface area contributed by atoms with E-state index < -0.39 is 5.82 Å². The molecule has 4 N–H and O–H groups in total. The molecule has 1 aliphatic rings. The number of aromatic nitrogens is 2. The molecule has 0 unspecified atom stereocenters. The molecule has 1 aliphatic heterocycles. The van der Waals surface area contributed by atoms with Crippen LogP contribution in [0.25, 0.3) is 0 Å². The topological polar surface area (TPSA) is 94.2 Å². The Bertz CT molecular complexity index is 1160. The van der Waals surface area contributed by atoms with Gasteiger partial charge in [-0.05, 0) is 42.8 Å². The van der Waals surface area contributed by atoms with Crippen molar-refractivity contribution in [3.8, 4) is 0 Å². The van der Waals surface area contributed by atoms with Gasteiger partial charge in [-0.2, -0.15) is 4.98 Å². The van der Waals surface area contributed by atoms with Gasteiger partial charge in [-0.3, -0.25) is 9.69 Å². The highest BCUT2D eigenvalue weighted by atomic mass is 19.1. The zero-order valence-corrected chi connectivity index (χ0v) is 23.0. The van der Waals surface area contributed by atoms with E-state index in [2.05, 4.69) is 36.1 Å². The zero-order valence-electron chi connectivity index (χ0n) is 23.0. The molecule has 0 saturated carbocycles. The molecule has 38 heavy (non-hydrogen) atoms. The molecule has 8 nitrogen and oxygen atoms in total. The number of hydrogen-bond donors (Lipinski definition) is 4. The molecule has 2 heterocycles. The van der Waals surface area contributed by atoms with Gasteiger partial charge >= 0.3 is 0 Å². The Hall–Kier alpha value is -3.82. The van der Waals surface area contributed by atoms with Gasteiger partial charge in [0.1, 0.15) is 0 Å². The summed E-state index contributed by atoms with van der Waals surface area (Å²) >= 11 is 0. The summed E-state index contributed by atoms with van der Waals surface area (Å²) in [6, 6.07) is 14.8. The summed E-state index contributed by atoms with van der Waals surface area (Å²) in [4.78, 5) is 22.8. The maximum absolute atomic E-state index is 14.2. The maximum atomic E-state index is 14.2. The number of nitrogens with one attached hydrogen (secondary N) is 4. The lowest BCUT2D eigenvalue weighted by Crippen LogP contribution is -2.43. The highest BCUT2D eigenvalue weighted by Gasteiger charge is 2.09. The Morgan fingerprint density at radius 2 is 1.66 bits per heavy atom. The molecule has 0 aliphatic carbocycles. The molecule has 1 aromatic heterocycles. The zero-order chi connectivity index (χ0) is 27.8. The van der Waals surface area contributed by atoms with Gasteiger partial charge in [0.15, 0.2) is 11.6 Å². The molecule has 1 amide bonds. The normalized spacial score (nSPS) is 13.0. The third kappa shape index (κ3) is 10.3. The number of carbonyl (C=O) groups excluding carboxylic acids is 1. The summed E-state index contributed by atoms with van der Waals surface area (Å²) in [7, 11) is 0. The Balaban J connectivity index is 0.00000121. The molecule has 1 saturated heterocycles. The summed E-state index contributed by atoms with van der Waals surface area (Å²) in [5, 5.41) is 12.2. The van der Waals surface area contributed by atoms with Gasteiger partial charge in [0.05, 0.1) is 6.20 Å². The van der Waals surface area contributed by atoms with Gasteiger partial charge in [-0.25, -0.2) is 9.37 Å². The Kier molecular flexibility index (Phi) is 13.5. The molecule has 0 bridgehead atoms. The van der Waals surface area contributed by atoms with Gasteiger partial charge in [0.25, 0.3) is 0 Å². The van der Waals surface area contributed by atoms with Crippen LogP contribution in [0.4, 0.5) is 33.2 Å². The standard InChI is InChI=1S/C25H28FN7O.2C2H6/c1-18-5-2-6-19(15-18)30-24-22(26)17-28-25(32-24)31-21-8-3-7-20(16-21)29-23(34)9-4-12-33-13-10-27-11-14-33;2*1-2/h2-9,15-17,27H,10-14H2,1H3,(H,29,34)(H2,28,30,31,32);2*1-2H3/b9-4+;;. The van der Waals surface area contributed by atoms with Crippen molar-refractivity contribution in [3.05, 3.63) is 78.3 Å². The second kappa shape index (κ2) is 16.8. The average Bonchev–Trinajstić information content (AvgIpc) is 2.94. The van der Waals surface area contributed by atoms with Gasteiger partial charge < -0.3 is 21.3 Å². The van der Waals surface area contributed by atoms with Crippen molar-refractivity contribution >= 4 is 34.7 Å². The van der Waals surface area contributed by atoms with Gasteiger partial charge in [0, 0.05) is 55.9 Å². The highest BCUT2D eigenvalue weighted by Crippen LogP contribution is 2.22. The van der Waals surface area contributed by atoms with Gasteiger partial charge in [-0.15, -0.1) is 0 Å². The fraction of sp³-hybridized carbons (Fsp3) is 0.345. The molecule has 2 aromatic carbocycles. The predicted molar refractivity (Wildman–Crippen MR) is 156 cm³/mol. The molecular formula is C29H40FN7O. The number of piperazine rings is 1. The lowest BCUT2D eigenvalue weighted by atomic mass is 10.2. The highest BCUT2D eigenvalue weighted by molar-refractivity contribution is 5.99. The number of carbonyl (C=O) groups is 1. The first kappa shape index (κ1) is 30.4. The molecule has 4 rings (SSSR count). The van der Waals surface area contributed by atoms with Crippen molar-refractivity contribution in [2.75, 3.05) is 48.7 Å². The summed E-state index contributed by atoms with van der Waals surface area (Å²) in [6.07, 6.45) is 4.54. The Morgan fingerprint density at radius 3 is 2.37 bits per heavy atom. The first-order valence-electron chi connectivity index (χ1n) is 13.2. The van der Waals surface area contributed by atoms with E-state index in [1.165, 1.54) is 0 Å². The van der Waals surface area contributed by atoms with Crippen LogP contribution in [0.5, 0.6) is 0 Å². The monoisotopic (exact) mass is 521 g/mol. The van der Waals surface area contributed by atoms with Crippen LogP contribution in [0.15, 0.2) is 66.9 Å². The van der Waals surface area contributed by atoms with Crippen LogP contribution >= 0.6 is 0 Å². The summed E-state index contributed by atoms with van der Waals surface area (Å²) < 4.78 is 14.2. The number of amides is 1. The Labute approximate surface area is 225 Å². The molecule has 0 radical (unpaired) electrons. The number of halogens is 1. The van der Waals surface area contributed by atoms with E-state index in [1.54, 1.807) is 24.3 Å². The van der Waals surface area contributed by atoms with Crippen molar-refractivity contribution in [1.29, 1.82) is 0 Å². The molecule has 0 spiro atoms. The molecule has 1 fully saturated rings. The van der Waals surface area contributed by atoms with Crippen LogP contribution in [-0.2, 0) is 4.79 Å². The van der Waals surface area contributed by atoms with Crippen LogP contribution in [0.2, 0.25) is 0 Å². The first-order valence-corrected chi connectivity index (χ1v) is 13.2. The van der Waals surface area contributed by atoms with Crippen molar-refractivity contribution in [2.45, 2.75) is 34.6 Å². The summed E-state index contributed by atoms with van der Waals surface area (Å²) in [6.45, 7) is 14.6. The fourth-order valence-electron chi connectivity index (χ4n) is 3.56. The van der Waals surface area contributed by atoms with Gasteiger partial charge in [0.2, 0.25) is 11.9 Å². The summed E-state index contributed by atoms with van der Waals surface area (Å²) in [5.74, 6) is -0.450. The van der Waals surface area contributed by atoms with E-state index in [0.29, 0.717) is 11.4 Å². The van der Waals surface area contributed by atoms with E-state index in [0.717, 1.165) is 50.2 Å². The van der Waals surface area contributed by atoms with E-state index >= 15 is 0 Å². The molecule has 0 atom stereocenters. The second-order valence-electron chi connectivity index (χ2n) is 8.03. The van der Waals surface area contributed by atoms with Crippen molar-refractivity contribution in [2.24, 2.45) is 0 Å². The third-order valence-electron chi connectivity index (χ3n) is 5.25. The minimum atomic E-state index is -0.555. The number of benzene rings is 2. The number of aryl methyl sites for hydroxylation is 1. The van der Waals surface area contributed by atoms with E-state index in [-0.39, 0.29) is 17.7 Å². The van der Waals surface area contributed by atoms with Crippen molar-refractivity contribution in [1.82, 2.24) is 20.2 Å². The van der Waals surface area contributed by atoms with E-state index in [1.807, 2.05) is 71.0 Å². The predicted octanol–water partition coefficient (Wildman–Crippen LogP) is 5.86. The quantitative estimate of drug-likeness (QED) is 0.276. The SMILES string of the molecule is CC.CC.Cc1cccc(Nc2nc(Nc3cccc(NC(=O)/C=C/CN4CCNCC4)c3)ncc2F)c1. The summed E-state index contributed by atoms with van der Waals surface area (Å²) in [5.41, 5.74) is 3.08. The van der Waals surface area contributed by atoms with Crippen molar-refractivity contribution < 1.29 is 9.18 Å². The van der Waals surface area contributed by atoms with E-state index in [4.69, 9.17) is 0 Å². The number of anilines is 5. The molecule has 204 valence electrons. The minimum absolute atomic E-state index is 0.0715. The number of hydrogen-bond acceptors (Lipinski definition) is 7. The molecular weight excluding hydrogens is 481 g/mol. The minimum Gasteiger partial charge on any atom is -0.338 e. The number of rotatable bonds is 8. The van der Waals surface area contributed by atoms with Crippen LogP contribution in [0, 0.1) is 12.7 Å². The average molecular weight is 522 g/mol. The molecule has 3 aromatic rings. The van der Waals surface area contributed by atoms with Crippen LogP contribution < -0.4 is 21.3 Å². The second-order valence-corrected chi connectivity index (χ2v) is 8.03. The van der Waals surface area contributed by atoms with Crippen LogP contribution in [-0.4, -0.2) is 53.5 Å². The lowest BCUT2D eigenvalue weighted by molar-refractivity contribution is -0.111. The fourth-order valence-corrected chi connectivity index (χ4v) is 3.56.